The van der Waals surface area contributed by atoms with Crippen molar-refractivity contribution in [1.29, 1.82) is 0 Å². The van der Waals surface area contributed by atoms with Crippen LogP contribution in [0.2, 0.25) is 0 Å². The average Bonchev–Trinajstić information content (AvgIpc) is 2.65. The lowest BCUT2D eigenvalue weighted by Crippen LogP contribution is -2.42. The van der Waals surface area contributed by atoms with Gasteiger partial charge >= 0.3 is 0 Å². The van der Waals surface area contributed by atoms with Crippen molar-refractivity contribution in [3.8, 4) is 0 Å². The van der Waals surface area contributed by atoms with E-state index in [4.69, 9.17) is 0 Å². The smallest absolute Gasteiger partial charge is 0.251 e. The van der Waals surface area contributed by atoms with Gasteiger partial charge in [0.2, 0.25) is 0 Å². The monoisotopic (exact) mass is 402 g/mol. The van der Waals surface area contributed by atoms with Crippen LogP contribution in [0.1, 0.15) is 28.9 Å². The highest BCUT2D eigenvalue weighted by Crippen LogP contribution is 2.11. The van der Waals surface area contributed by atoms with Crippen molar-refractivity contribution in [3.05, 3.63) is 70.2 Å². The molecule has 2 aromatic carbocycles. The van der Waals surface area contributed by atoms with Gasteiger partial charge in [0.05, 0.1) is 6.04 Å². The number of amides is 1. The third-order valence-electron chi connectivity index (χ3n) is 3.69. The third kappa shape index (κ3) is 6.23. The first-order valence-corrected chi connectivity index (χ1v) is 8.95. The van der Waals surface area contributed by atoms with E-state index < -0.39 is 0 Å². The number of benzene rings is 2. The largest absolute Gasteiger partial charge is 0.355 e. The molecule has 6 heteroatoms. The Bertz CT molecular complexity index is 701. The van der Waals surface area contributed by atoms with Gasteiger partial charge < -0.3 is 16.0 Å². The molecule has 3 N–H and O–H groups in total. The van der Waals surface area contributed by atoms with Crippen LogP contribution < -0.4 is 16.0 Å². The molecule has 0 saturated carbocycles. The minimum Gasteiger partial charge on any atom is -0.355 e. The summed E-state index contributed by atoms with van der Waals surface area (Å²) >= 11 is 3.36. The van der Waals surface area contributed by atoms with Crippen LogP contribution in [0, 0.1) is 0 Å². The quantitative estimate of drug-likeness (QED) is 0.395. The number of carbonyl (C=O) groups excluding carboxylic acids is 1. The van der Waals surface area contributed by atoms with Crippen molar-refractivity contribution in [3.63, 3.8) is 0 Å². The highest BCUT2D eigenvalue weighted by atomic mass is 79.9. The maximum Gasteiger partial charge on any atom is 0.251 e. The molecule has 0 aliphatic rings. The van der Waals surface area contributed by atoms with E-state index in [2.05, 4.69) is 55.9 Å². The van der Waals surface area contributed by atoms with Gasteiger partial charge in [0.15, 0.2) is 5.96 Å². The standard InChI is InChI=1S/C19H23BrN4O/c1-14(15-6-4-3-5-7-15)24-19(21-2)23-13-12-22-18(25)16-8-10-17(20)11-9-16/h3-11,14H,12-13H2,1-2H3,(H,22,25)(H2,21,23,24). The Morgan fingerprint density at radius 2 is 1.68 bits per heavy atom. The topological polar surface area (TPSA) is 65.5 Å². The zero-order valence-corrected chi connectivity index (χ0v) is 16.0. The number of nitrogens with one attached hydrogen (secondary N) is 3. The third-order valence-corrected chi connectivity index (χ3v) is 4.21. The highest BCUT2D eigenvalue weighted by Gasteiger charge is 2.07. The summed E-state index contributed by atoms with van der Waals surface area (Å²) < 4.78 is 0.952. The summed E-state index contributed by atoms with van der Waals surface area (Å²) in [7, 11) is 1.73. The molecule has 0 radical (unpaired) electrons. The molecule has 0 saturated heterocycles. The van der Waals surface area contributed by atoms with Crippen molar-refractivity contribution in [1.82, 2.24) is 16.0 Å². The molecule has 1 atom stereocenters. The second-order valence-corrected chi connectivity index (χ2v) is 6.45. The maximum absolute atomic E-state index is 12.0. The number of nitrogens with zero attached hydrogens (tertiary/aromatic N) is 1. The van der Waals surface area contributed by atoms with Crippen molar-refractivity contribution in [2.24, 2.45) is 4.99 Å². The Kier molecular flexibility index (Phi) is 7.47. The fourth-order valence-electron chi connectivity index (χ4n) is 2.29. The Morgan fingerprint density at radius 3 is 2.32 bits per heavy atom. The Balaban J connectivity index is 1.74. The summed E-state index contributed by atoms with van der Waals surface area (Å²) in [6, 6.07) is 17.6. The van der Waals surface area contributed by atoms with E-state index in [0.717, 1.165) is 4.47 Å². The summed E-state index contributed by atoms with van der Waals surface area (Å²) in [6.07, 6.45) is 0. The van der Waals surface area contributed by atoms with E-state index in [1.807, 2.05) is 30.3 Å². The Labute approximate surface area is 157 Å². The first-order valence-electron chi connectivity index (χ1n) is 8.16. The van der Waals surface area contributed by atoms with Gasteiger partial charge in [-0.3, -0.25) is 9.79 Å². The van der Waals surface area contributed by atoms with Crippen LogP contribution >= 0.6 is 15.9 Å². The van der Waals surface area contributed by atoms with Crippen LogP contribution in [0.15, 0.2) is 64.1 Å². The van der Waals surface area contributed by atoms with E-state index in [0.29, 0.717) is 24.6 Å². The molecule has 5 nitrogen and oxygen atoms in total. The molecule has 0 aromatic heterocycles. The van der Waals surface area contributed by atoms with Crippen molar-refractivity contribution < 1.29 is 4.79 Å². The molecular weight excluding hydrogens is 380 g/mol. The molecule has 0 fully saturated rings. The molecular formula is C19H23BrN4O. The minimum absolute atomic E-state index is 0.0881. The zero-order chi connectivity index (χ0) is 18.1. The molecule has 2 aromatic rings. The number of hydrogen-bond donors (Lipinski definition) is 3. The van der Waals surface area contributed by atoms with Gasteiger partial charge in [-0.1, -0.05) is 46.3 Å². The van der Waals surface area contributed by atoms with Gasteiger partial charge in [-0.15, -0.1) is 0 Å². The molecule has 1 unspecified atom stereocenters. The number of halogens is 1. The molecule has 25 heavy (non-hydrogen) atoms. The predicted molar refractivity (Wildman–Crippen MR) is 106 cm³/mol. The molecule has 0 aliphatic heterocycles. The van der Waals surface area contributed by atoms with E-state index in [-0.39, 0.29) is 11.9 Å². The van der Waals surface area contributed by atoms with Gasteiger partial charge in [0.1, 0.15) is 0 Å². The minimum atomic E-state index is -0.0881. The summed E-state index contributed by atoms with van der Waals surface area (Å²) in [6.45, 7) is 3.18. The van der Waals surface area contributed by atoms with Gasteiger partial charge in [0.25, 0.3) is 5.91 Å². The second-order valence-electron chi connectivity index (χ2n) is 5.54. The lowest BCUT2D eigenvalue weighted by atomic mass is 10.1. The average molecular weight is 403 g/mol. The fourth-order valence-corrected chi connectivity index (χ4v) is 2.55. The van der Waals surface area contributed by atoms with Gasteiger partial charge in [-0.2, -0.15) is 0 Å². The highest BCUT2D eigenvalue weighted by molar-refractivity contribution is 9.10. The lowest BCUT2D eigenvalue weighted by molar-refractivity contribution is 0.0954. The summed E-state index contributed by atoms with van der Waals surface area (Å²) in [5.74, 6) is 0.615. The van der Waals surface area contributed by atoms with E-state index in [1.54, 1.807) is 19.2 Å². The van der Waals surface area contributed by atoms with E-state index >= 15 is 0 Å². The van der Waals surface area contributed by atoms with Crippen LogP contribution in [-0.4, -0.2) is 32.0 Å². The number of carbonyl (C=O) groups is 1. The maximum atomic E-state index is 12.0. The van der Waals surface area contributed by atoms with Gasteiger partial charge in [0, 0.05) is 30.2 Å². The van der Waals surface area contributed by atoms with Crippen LogP contribution in [0.25, 0.3) is 0 Å². The van der Waals surface area contributed by atoms with E-state index in [1.165, 1.54) is 5.56 Å². The van der Waals surface area contributed by atoms with Crippen LogP contribution in [0.4, 0.5) is 0 Å². The number of aliphatic imine (C=N–C) groups is 1. The van der Waals surface area contributed by atoms with Crippen molar-refractivity contribution in [2.45, 2.75) is 13.0 Å². The second kappa shape index (κ2) is 9.84. The molecule has 0 aliphatic carbocycles. The normalized spacial score (nSPS) is 12.4. The van der Waals surface area contributed by atoms with Crippen molar-refractivity contribution >= 4 is 27.8 Å². The summed E-state index contributed by atoms with van der Waals surface area (Å²) in [5.41, 5.74) is 1.83. The summed E-state index contributed by atoms with van der Waals surface area (Å²) in [5, 5.41) is 9.42. The number of rotatable bonds is 6. The fraction of sp³-hybridized carbons (Fsp3) is 0.263. The van der Waals surface area contributed by atoms with Crippen molar-refractivity contribution in [2.75, 3.05) is 20.1 Å². The van der Waals surface area contributed by atoms with Crippen LogP contribution in [0.5, 0.6) is 0 Å². The Hall–Kier alpha value is -2.34. The van der Waals surface area contributed by atoms with Gasteiger partial charge in [-0.25, -0.2) is 0 Å². The SMILES string of the molecule is CN=C(NCCNC(=O)c1ccc(Br)cc1)NC(C)c1ccccc1. The number of guanidine groups is 1. The molecule has 132 valence electrons. The van der Waals surface area contributed by atoms with E-state index in [9.17, 15) is 4.79 Å². The van der Waals surface area contributed by atoms with Crippen LogP contribution in [0.3, 0.4) is 0 Å². The first kappa shape index (κ1) is 19.0. The zero-order valence-electron chi connectivity index (χ0n) is 14.4. The lowest BCUT2D eigenvalue weighted by Gasteiger charge is -2.18. The summed E-state index contributed by atoms with van der Waals surface area (Å²) in [4.78, 5) is 16.2. The molecule has 0 spiro atoms. The molecule has 0 heterocycles. The predicted octanol–water partition coefficient (Wildman–Crippen LogP) is 3.11. The number of hydrogen-bond acceptors (Lipinski definition) is 2. The molecule has 0 bridgehead atoms. The first-order chi connectivity index (χ1) is 12.1. The molecule has 2 rings (SSSR count). The van der Waals surface area contributed by atoms with Gasteiger partial charge in [-0.05, 0) is 36.8 Å². The molecule has 1 amide bonds. The Morgan fingerprint density at radius 1 is 1.04 bits per heavy atom. The van der Waals surface area contributed by atoms with Crippen LogP contribution in [-0.2, 0) is 0 Å².